The molecule has 0 spiro atoms. The minimum Gasteiger partial charge on any atom is -0.497 e. The Balaban J connectivity index is 3.28. The highest BCUT2D eigenvalue weighted by Crippen LogP contribution is 2.36. The molecule has 0 saturated heterocycles. The highest BCUT2D eigenvalue weighted by molar-refractivity contribution is 5.66. The number of rotatable bonds is 4. The molecule has 0 N–H and O–H groups in total. The van der Waals surface area contributed by atoms with Crippen LogP contribution in [-0.4, -0.2) is 27.3 Å². The van der Waals surface area contributed by atoms with E-state index in [4.69, 9.17) is 14.7 Å². The van der Waals surface area contributed by atoms with Gasteiger partial charge in [-0.15, -0.1) is 0 Å². The maximum atomic E-state index is 8.96. The van der Waals surface area contributed by atoms with Crippen LogP contribution in [-0.2, 0) is 0 Å². The van der Waals surface area contributed by atoms with E-state index in [9.17, 15) is 0 Å². The normalized spacial score (nSPS) is 11.5. The van der Waals surface area contributed by atoms with Crippen molar-refractivity contribution in [3.05, 3.63) is 17.7 Å². The Morgan fingerprint density at radius 1 is 1.29 bits per heavy atom. The third-order valence-corrected chi connectivity index (χ3v) is 2.82. The fourth-order valence-corrected chi connectivity index (χ4v) is 1.72. The average Bonchev–Trinajstić information content (AvgIpc) is 2.35. The van der Waals surface area contributed by atoms with Gasteiger partial charge in [0.15, 0.2) is 0 Å². The highest BCUT2D eigenvalue weighted by Gasteiger charge is 2.17. The number of aryl methyl sites for hydroxylation is 1. The number of nitriles is 1. The summed E-state index contributed by atoms with van der Waals surface area (Å²) in [5.74, 6) is 1.47. The van der Waals surface area contributed by atoms with Gasteiger partial charge in [-0.3, -0.25) is 0 Å². The molecule has 0 aliphatic heterocycles. The molecule has 4 nitrogen and oxygen atoms in total. The van der Waals surface area contributed by atoms with E-state index in [2.05, 4.69) is 6.07 Å². The second-order valence-electron chi connectivity index (χ2n) is 3.91. The van der Waals surface area contributed by atoms with Gasteiger partial charge >= 0.3 is 0 Å². The summed E-state index contributed by atoms with van der Waals surface area (Å²) in [6, 6.07) is 5.75. The molecule has 4 heteroatoms. The minimum atomic E-state index is -0.212. The molecule has 0 radical (unpaired) electrons. The Morgan fingerprint density at radius 2 is 1.94 bits per heavy atom. The molecular formula is C13H18N2O2. The third-order valence-electron chi connectivity index (χ3n) is 2.82. The van der Waals surface area contributed by atoms with Crippen molar-refractivity contribution in [2.24, 2.45) is 0 Å². The van der Waals surface area contributed by atoms with Gasteiger partial charge in [-0.2, -0.15) is 5.26 Å². The fraction of sp³-hybridized carbons (Fsp3) is 0.462. The number of ether oxygens (including phenoxy) is 2. The molecular weight excluding hydrogens is 216 g/mol. The van der Waals surface area contributed by atoms with Gasteiger partial charge in [0.05, 0.1) is 26.0 Å². The van der Waals surface area contributed by atoms with E-state index in [0.717, 1.165) is 17.0 Å². The molecule has 0 bridgehead atoms. The van der Waals surface area contributed by atoms with E-state index in [-0.39, 0.29) is 6.04 Å². The van der Waals surface area contributed by atoms with Gasteiger partial charge in [0.2, 0.25) is 0 Å². The number of anilines is 1. The van der Waals surface area contributed by atoms with Crippen LogP contribution in [0, 0.1) is 18.3 Å². The molecule has 1 atom stereocenters. The first-order chi connectivity index (χ1) is 8.04. The van der Waals surface area contributed by atoms with Crippen molar-refractivity contribution < 1.29 is 9.47 Å². The number of nitrogens with zero attached hydrogens (tertiary/aromatic N) is 2. The van der Waals surface area contributed by atoms with E-state index >= 15 is 0 Å². The topological polar surface area (TPSA) is 45.5 Å². The summed E-state index contributed by atoms with van der Waals surface area (Å²) in [5.41, 5.74) is 1.94. The van der Waals surface area contributed by atoms with Crippen LogP contribution >= 0.6 is 0 Å². The molecule has 0 amide bonds. The van der Waals surface area contributed by atoms with Crippen molar-refractivity contribution in [1.82, 2.24) is 0 Å². The zero-order valence-corrected chi connectivity index (χ0v) is 10.9. The Kier molecular flexibility index (Phi) is 4.22. The Morgan fingerprint density at radius 3 is 2.41 bits per heavy atom. The first-order valence-corrected chi connectivity index (χ1v) is 5.40. The lowest BCUT2D eigenvalue weighted by atomic mass is 10.1. The first-order valence-electron chi connectivity index (χ1n) is 5.40. The summed E-state index contributed by atoms with van der Waals surface area (Å²) in [6.07, 6.45) is 0. The van der Waals surface area contributed by atoms with Crippen LogP contribution in [0.25, 0.3) is 0 Å². The molecule has 0 heterocycles. The van der Waals surface area contributed by atoms with Crippen LogP contribution in [0.3, 0.4) is 0 Å². The zero-order chi connectivity index (χ0) is 13.0. The quantitative estimate of drug-likeness (QED) is 0.802. The lowest BCUT2D eigenvalue weighted by Crippen LogP contribution is -2.28. The van der Waals surface area contributed by atoms with E-state index in [1.807, 2.05) is 37.9 Å². The summed E-state index contributed by atoms with van der Waals surface area (Å²) in [5, 5.41) is 8.96. The molecule has 1 rings (SSSR count). The maximum absolute atomic E-state index is 8.96. The average molecular weight is 234 g/mol. The van der Waals surface area contributed by atoms with Gasteiger partial charge in [-0.25, -0.2) is 0 Å². The van der Waals surface area contributed by atoms with Gasteiger partial charge < -0.3 is 14.4 Å². The predicted molar refractivity (Wildman–Crippen MR) is 67.8 cm³/mol. The number of methoxy groups -OCH3 is 2. The fourth-order valence-electron chi connectivity index (χ4n) is 1.72. The molecule has 0 aliphatic rings. The van der Waals surface area contributed by atoms with Crippen molar-refractivity contribution in [2.45, 2.75) is 19.9 Å². The van der Waals surface area contributed by atoms with Crippen LogP contribution in [0.2, 0.25) is 0 Å². The van der Waals surface area contributed by atoms with Gasteiger partial charge in [0.1, 0.15) is 17.5 Å². The molecule has 1 unspecified atom stereocenters. The molecule has 1 aromatic rings. The molecule has 17 heavy (non-hydrogen) atoms. The van der Waals surface area contributed by atoms with Gasteiger partial charge in [0, 0.05) is 13.1 Å². The van der Waals surface area contributed by atoms with Crippen molar-refractivity contribution in [3.8, 4) is 17.6 Å². The van der Waals surface area contributed by atoms with E-state index in [0.29, 0.717) is 5.75 Å². The standard InChI is InChI=1S/C13H18N2O2/c1-9-6-11(16-4)7-12(17-5)13(9)15(3)10(2)8-14/h6-7,10H,1-5H3. The summed E-state index contributed by atoms with van der Waals surface area (Å²) in [4.78, 5) is 1.90. The Labute approximate surface area is 102 Å². The second kappa shape index (κ2) is 5.44. The van der Waals surface area contributed by atoms with Crippen LogP contribution in [0.5, 0.6) is 11.5 Å². The molecule has 1 aromatic carbocycles. The van der Waals surface area contributed by atoms with E-state index in [1.165, 1.54) is 0 Å². The molecule has 0 saturated carbocycles. The molecule has 0 aliphatic carbocycles. The Bertz CT molecular complexity index is 438. The SMILES string of the molecule is COc1cc(C)c(N(C)C(C)C#N)c(OC)c1. The highest BCUT2D eigenvalue weighted by atomic mass is 16.5. The number of hydrogen-bond donors (Lipinski definition) is 0. The smallest absolute Gasteiger partial charge is 0.146 e. The summed E-state index contributed by atoms with van der Waals surface area (Å²) in [7, 11) is 5.11. The van der Waals surface area contributed by atoms with E-state index < -0.39 is 0 Å². The van der Waals surface area contributed by atoms with Crippen molar-refractivity contribution in [2.75, 3.05) is 26.2 Å². The number of benzene rings is 1. The van der Waals surface area contributed by atoms with Crippen LogP contribution < -0.4 is 14.4 Å². The molecule has 0 aromatic heterocycles. The van der Waals surface area contributed by atoms with Gasteiger partial charge in [-0.05, 0) is 25.5 Å². The van der Waals surface area contributed by atoms with Crippen molar-refractivity contribution in [3.63, 3.8) is 0 Å². The summed E-state index contributed by atoms with van der Waals surface area (Å²) < 4.78 is 10.5. The van der Waals surface area contributed by atoms with Crippen molar-refractivity contribution >= 4 is 5.69 Å². The second-order valence-corrected chi connectivity index (χ2v) is 3.91. The van der Waals surface area contributed by atoms with Gasteiger partial charge in [0.25, 0.3) is 0 Å². The van der Waals surface area contributed by atoms with Gasteiger partial charge in [-0.1, -0.05) is 0 Å². The van der Waals surface area contributed by atoms with E-state index in [1.54, 1.807) is 14.2 Å². The largest absolute Gasteiger partial charge is 0.497 e. The van der Waals surface area contributed by atoms with Crippen LogP contribution in [0.4, 0.5) is 5.69 Å². The third kappa shape index (κ3) is 2.62. The summed E-state index contributed by atoms with van der Waals surface area (Å²) in [6.45, 7) is 3.82. The predicted octanol–water partition coefficient (Wildman–Crippen LogP) is 2.36. The summed E-state index contributed by atoms with van der Waals surface area (Å²) >= 11 is 0. The number of hydrogen-bond acceptors (Lipinski definition) is 4. The maximum Gasteiger partial charge on any atom is 0.146 e. The Hall–Kier alpha value is -1.89. The van der Waals surface area contributed by atoms with Crippen molar-refractivity contribution in [1.29, 1.82) is 5.26 Å². The molecule has 0 fully saturated rings. The first kappa shape index (κ1) is 13.2. The van der Waals surface area contributed by atoms with Crippen LogP contribution in [0.15, 0.2) is 12.1 Å². The monoisotopic (exact) mass is 234 g/mol. The lowest BCUT2D eigenvalue weighted by molar-refractivity contribution is 0.393. The minimum absolute atomic E-state index is 0.212. The van der Waals surface area contributed by atoms with Crippen LogP contribution in [0.1, 0.15) is 12.5 Å². The lowest BCUT2D eigenvalue weighted by Gasteiger charge is -2.26. The zero-order valence-electron chi connectivity index (χ0n) is 10.9. The molecule has 92 valence electrons.